The van der Waals surface area contributed by atoms with Gasteiger partial charge in [0, 0.05) is 36.6 Å². The van der Waals surface area contributed by atoms with Gasteiger partial charge in [-0.2, -0.15) is 0 Å². The van der Waals surface area contributed by atoms with Crippen molar-refractivity contribution in [3.63, 3.8) is 0 Å². The Bertz CT molecular complexity index is 654. The molecular formula is C11H14N6S2. The molecule has 0 amide bonds. The standard InChI is InChI=1S/C11H14N6S2/c1-8-14-15-11(17(8)3-2-12)19-7-9-6-16-4-5-18-10(16)13-9/h4-6H,2-3,7,12H2,1H3. The van der Waals surface area contributed by atoms with E-state index in [-0.39, 0.29) is 0 Å². The van der Waals surface area contributed by atoms with Crippen LogP contribution in [0, 0.1) is 6.92 Å². The van der Waals surface area contributed by atoms with E-state index in [9.17, 15) is 0 Å². The number of hydrogen-bond donors (Lipinski definition) is 1. The highest BCUT2D eigenvalue weighted by Gasteiger charge is 2.10. The topological polar surface area (TPSA) is 74.0 Å². The van der Waals surface area contributed by atoms with E-state index in [1.165, 1.54) is 0 Å². The Balaban J connectivity index is 1.73. The Hall–Kier alpha value is -1.38. The number of rotatable bonds is 5. The summed E-state index contributed by atoms with van der Waals surface area (Å²) < 4.78 is 4.08. The number of imidazole rings is 1. The van der Waals surface area contributed by atoms with Gasteiger partial charge >= 0.3 is 0 Å². The minimum atomic E-state index is 0.590. The zero-order valence-electron chi connectivity index (χ0n) is 10.5. The van der Waals surface area contributed by atoms with Crippen molar-refractivity contribution in [3.8, 4) is 0 Å². The van der Waals surface area contributed by atoms with Crippen LogP contribution in [0.1, 0.15) is 11.5 Å². The van der Waals surface area contributed by atoms with Gasteiger partial charge in [-0.25, -0.2) is 4.98 Å². The van der Waals surface area contributed by atoms with Crippen LogP contribution in [-0.2, 0) is 12.3 Å². The maximum absolute atomic E-state index is 5.60. The molecule has 2 N–H and O–H groups in total. The third-order valence-corrected chi connectivity index (χ3v) is 4.52. The SMILES string of the molecule is Cc1nnc(SCc2cn3ccsc3n2)n1CCN. The Morgan fingerprint density at radius 3 is 3.11 bits per heavy atom. The highest BCUT2D eigenvalue weighted by atomic mass is 32.2. The highest BCUT2D eigenvalue weighted by Crippen LogP contribution is 2.22. The number of aromatic nitrogens is 5. The number of hydrogen-bond acceptors (Lipinski definition) is 6. The summed E-state index contributed by atoms with van der Waals surface area (Å²) >= 11 is 3.28. The molecule has 8 heteroatoms. The first kappa shape index (κ1) is 12.6. The lowest BCUT2D eigenvalue weighted by Crippen LogP contribution is -2.12. The van der Waals surface area contributed by atoms with Crippen molar-refractivity contribution in [2.45, 2.75) is 24.4 Å². The summed E-state index contributed by atoms with van der Waals surface area (Å²) in [7, 11) is 0. The molecule has 0 radical (unpaired) electrons. The fourth-order valence-electron chi connectivity index (χ4n) is 1.84. The maximum atomic E-state index is 5.60. The average Bonchev–Trinajstić information content (AvgIpc) is 3.04. The molecule has 0 aliphatic heterocycles. The summed E-state index contributed by atoms with van der Waals surface area (Å²) in [5, 5.41) is 11.2. The molecule has 0 bridgehead atoms. The minimum Gasteiger partial charge on any atom is -0.329 e. The molecule has 0 atom stereocenters. The van der Waals surface area contributed by atoms with E-state index in [0.717, 1.165) is 33.9 Å². The molecule has 0 saturated carbocycles. The van der Waals surface area contributed by atoms with Crippen LogP contribution in [0.4, 0.5) is 0 Å². The van der Waals surface area contributed by atoms with E-state index >= 15 is 0 Å². The average molecular weight is 294 g/mol. The van der Waals surface area contributed by atoms with Gasteiger partial charge in [-0.1, -0.05) is 11.8 Å². The van der Waals surface area contributed by atoms with Gasteiger partial charge < -0.3 is 10.3 Å². The van der Waals surface area contributed by atoms with Crippen LogP contribution in [0.5, 0.6) is 0 Å². The van der Waals surface area contributed by atoms with Gasteiger partial charge in [-0.3, -0.25) is 4.40 Å². The lowest BCUT2D eigenvalue weighted by molar-refractivity contribution is 0.627. The summed E-state index contributed by atoms with van der Waals surface area (Å²) in [4.78, 5) is 5.57. The third-order valence-electron chi connectivity index (χ3n) is 2.75. The van der Waals surface area contributed by atoms with Crippen molar-refractivity contribution < 1.29 is 0 Å². The minimum absolute atomic E-state index is 0.590. The van der Waals surface area contributed by atoms with Gasteiger partial charge in [0.15, 0.2) is 10.1 Å². The van der Waals surface area contributed by atoms with E-state index < -0.39 is 0 Å². The Labute approximate surface area is 118 Å². The van der Waals surface area contributed by atoms with Crippen LogP contribution in [0.25, 0.3) is 4.96 Å². The fraction of sp³-hybridized carbons (Fsp3) is 0.364. The first-order valence-electron chi connectivity index (χ1n) is 5.91. The molecule has 3 rings (SSSR count). The Morgan fingerprint density at radius 1 is 1.42 bits per heavy atom. The molecule has 0 aromatic carbocycles. The molecule has 0 spiro atoms. The van der Waals surface area contributed by atoms with Gasteiger partial charge in [0.25, 0.3) is 0 Å². The largest absolute Gasteiger partial charge is 0.329 e. The van der Waals surface area contributed by atoms with Crippen LogP contribution >= 0.6 is 23.1 Å². The molecular weight excluding hydrogens is 280 g/mol. The molecule has 0 aliphatic rings. The van der Waals surface area contributed by atoms with Gasteiger partial charge in [0.2, 0.25) is 0 Å². The van der Waals surface area contributed by atoms with Crippen molar-refractivity contribution >= 4 is 28.1 Å². The van der Waals surface area contributed by atoms with E-state index in [0.29, 0.717) is 6.54 Å². The number of thiazole rings is 1. The zero-order valence-corrected chi connectivity index (χ0v) is 12.1. The summed E-state index contributed by atoms with van der Waals surface area (Å²) in [5.41, 5.74) is 6.65. The predicted molar refractivity (Wildman–Crippen MR) is 76.4 cm³/mol. The van der Waals surface area contributed by atoms with E-state index in [4.69, 9.17) is 5.73 Å². The van der Waals surface area contributed by atoms with Gasteiger partial charge in [-0.05, 0) is 6.92 Å². The van der Waals surface area contributed by atoms with Gasteiger partial charge in [0.1, 0.15) is 5.82 Å². The maximum Gasteiger partial charge on any atom is 0.193 e. The summed E-state index contributed by atoms with van der Waals surface area (Å²) in [6.45, 7) is 3.28. The zero-order chi connectivity index (χ0) is 13.2. The first-order valence-corrected chi connectivity index (χ1v) is 7.78. The van der Waals surface area contributed by atoms with E-state index in [1.807, 2.05) is 27.5 Å². The van der Waals surface area contributed by atoms with Crippen LogP contribution in [-0.4, -0.2) is 30.7 Å². The second-order valence-corrected chi connectivity index (χ2v) is 5.90. The van der Waals surface area contributed by atoms with Gasteiger partial charge in [-0.15, -0.1) is 21.5 Å². The predicted octanol–water partition coefficient (Wildman–Crippen LogP) is 1.55. The normalized spacial score (nSPS) is 11.5. The monoisotopic (exact) mass is 294 g/mol. The second kappa shape index (κ2) is 5.32. The lowest BCUT2D eigenvalue weighted by Gasteiger charge is -2.05. The van der Waals surface area contributed by atoms with E-state index in [1.54, 1.807) is 23.1 Å². The Morgan fingerprint density at radius 2 is 2.32 bits per heavy atom. The highest BCUT2D eigenvalue weighted by molar-refractivity contribution is 7.98. The molecule has 6 nitrogen and oxygen atoms in total. The Kier molecular flexibility index (Phi) is 3.54. The van der Waals surface area contributed by atoms with Crippen molar-refractivity contribution in [2.24, 2.45) is 5.73 Å². The van der Waals surface area contributed by atoms with Crippen LogP contribution in [0.3, 0.4) is 0 Å². The third kappa shape index (κ3) is 2.51. The van der Waals surface area contributed by atoms with E-state index in [2.05, 4.69) is 21.4 Å². The molecule has 3 heterocycles. The molecule has 0 fully saturated rings. The lowest BCUT2D eigenvalue weighted by atomic mass is 10.6. The number of thioether (sulfide) groups is 1. The fourth-order valence-corrected chi connectivity index (χ4v) is 3.45. The van der Waals surface area contributed by atoms with Crippen molar-refractivity contribution in [2.75, 3.05) is 6.54 Å². The smallest absolute Gasteiger partial charge is 0.193 e. The number of nitrogens with zero attached hydrogens (tertiary/aromatic N) is 5. The number of fused-ring (bicyclic) bond motifs is 1. The summed E-state index contributed by atoms with van der Waals surface area (Å²) in [6.07, 6.45) is 4.07. The molecule has 3 aromatic rings. The molecule has 0 unspecified atom stereocenters. The number of aryl methyl sites for hydroxylation is 1. The van der Waals surface area contributed by atoms with Crippen LogP contribution < -0.4 is 5.73 Å². The molecule has 100 valence electrons. The molecule has 0 aliphatic carbocycles. The summed E-state index contributed by atoms with van der Waals surface area (Å²) in [6, 6.07) is 0. The first-order chi connectivity index (χ1) is 9.28. The van der Waals surface area contributed by atoms with Crippen LogP contribution in [0.2, 0.25) is 0 Å². The quantitative estimate of drug-likeness (QED) is 0.723. The van der Waals surface area contributed by atoms with Crippen LogP contribution in [0.15, 0.2) is 22.9 Å². The van der Waals surface area contributed by atoms with Crippen molar-refractivity contribution in [1.29, 1.82) is 0 Å². The van der Waals surface area contributed by atoms with Crippen molar-refractivity contribution in [1.82, 2.24) is 24.1 Å². The molecule has 19 heavy (non-hydrogen) atoms. The second-order valence-electron chi connectivity index (χ2n) is 4.08. The number of nitrogens with two attached hydrogens (primary N) is 1. The molecule has 3 aromatic heterocycles. The summed E-state index contributed by atoms with van der Waals surface area (Å²) in [5.74, 6) is 1.69. The molecule has 0 saturated heterocycles. The van der Waals surface area contributed by atoms with Gasteiger partial charge in [0.05, 0.1) is 5.69 Å². The van der Waals surface area contributed by atoms with Crippen molar-refractivity contribution in [3.05, 3.63) is 29.3 Å².